The van der Waals surface area contributed by atoms with Crippen molar-refractivity contribution >= 4 is 29.1 Å². The van der Waals surface area contributed by atoms with Gasteiger partial charge in [-0.25, -0.2) is 4.39 Å². The monoisotopic (exact) mass is 320 g/mol. The third kappa shape index (κ3) is 3.90. The molecular weight excluding hydrogens is 307 g/mol. The molecule has 0 heterocycles. The summed E-state index contributed by atoms with van der Waals surface area (Å²) in [5, 5.41) is 12.6. The molecule has 0 fully saturated rings. The van der Waals surface area contributed by atoms with Crippen LogP contribution in [0.1, 0.15) is 18.1 Å². The smallest absolute Gasteiger partial charge is 0.141 e. The molecule has 0 radical (unpaired) electrons. The van der Waals surface area contributed by atoms with Gasteiger partial charge >= 0.3 is 0 Å². The Hall–Kier alpha value is -1.70. The quantitative estimate of drug-likeness (QED) is 0.781. The fraction of sp³-hybridized carbons (Fsp3) is 0.188. The standard InChI is InChI=1S/C16H14ClFN2S/c1-2-21-16-5-3-4-15(12(16)9-19)20-10-11-6-7-14(18)13(17)8-11/h3-8,20H,2,10H2,1H3. The molecule has 0 aliphatic carbocycles. The summed E-state index contributed by atoms with van der Waals surface area (Å²) in [4.78, 5) is 0.960. The van der Waals surface area contributed by atoms with Crippen molar-refractivity contribution in [1.82, 2.24) is 0 Å². The molecule has 108 valence electrons. The van der Waals surface area contributed by atoms with Gasteiger partial charge in [-0.1, -0.05) is 30.7 Å². The Balaban J connectivity index is 2.18. The maximum absolute atomic E-state index is 13.1. The van der Waals surface area contributed by atoms with Crippen LogP contribution in [-0.2, 0) is 6.54 Å². The number of benzene rings is 2. The molecule has 0 saturated carbocycles. The van der Waals surface area contributed by atoms with Crippen LogP contribution in [0.5, 0.6) is 0 Å². The van der Waals surface area contributed by atoms with Crippen LogP contribution >= 0.6 is 23.4 Å². The zero-order valence-corrected chi connectivity index (χ0v) is 13.1. The molecule has 0 aromatic heterocycles. The lowest BCUT2D eigenvalue weighted by molar-refractivity contribution is 0.627. The number of nitrogens with zero attached hydrogens (tertiary/aromatic N) is 1. The van der Waals surface area contributed by atoms with Crippen LogP contribution in [-0.4, -0.2) is 5.75 Å². The lowest BCUT2D eigenvalue weighted by Crippen LogP contribution is -2.02. The molecule has 0 bridgehead atoms. The Morgan fingerprint density at radius 2 is 2.14 bits per heavy atom. The van der Waals surface area contributed by atoms with Crippen LogP contribution in [0.2, 0.25) is 5.02 Å². The first-order chi connectivity index (χ1) is 10.2. The molecular formula is C16H14ClFN2S. The van der Waals surface area contributed by atoms with Crippen molar-refractivity contribution in [2.75, 3.05) is 11.1 Å². The predicted octanol–water partition coefficient (Wildman–Crippen LogP) is 5.07. The summed E-state index contributed by atoms with van der Waals surface area (Å²) < 4.78 is 13.1. The van der Waals surface area contributed by atoms with Crippen molar-refractivity contribution < 1.29 is 4.39 Å². The van der Waals surface area contributed by atoms with E-state index in [1.807, 2.05) is 25.1 Å². The number of hydrogen-bond donors (Lipinski definition) is 1. The Bertz CT molecular complexity index is 682. The largest absolute Gasteiger partial charge is 0.380 e. The summed E-state index contributed by atoms with van der Waals surface area (Å²) in [6.07, 6.45) is 0. The molecule has 0 spiro atoms. The zero-order chi connectivity index (χ0) is 15.2. The third-order valence-corrected chi connectivity index (χ3v) is 4.13. The van der Waals surface area contributed by atoms with E-state index in [2.05, 4.69) is 11.4 Å². The molecule has 0 atom stereocenters. The molecule has 0 saturated heterocycles. The fourth-order valence-corrected chi connectivity index (χ4v) is 2.91. The molecule has 2 rings (SSSR count). The minimum Gasteiger partial charge on any atom is -0.380 e. The van der Waals surface area contributed by atoms with Crippen LogP contribution < -0.4 is 5.32 Å². The molecule has 5 heteroatoms. The van der Waals surface area contributed by atoms with Crippen LogP contribution in [0, 0.1) is 17.1 Å². The van der Waals surface area contributed by atoms with Gasteiger partial charge in [0.2, 0.25) is 0 Å². The molecule has 21 heavy (non-hydrogen) atoms. The van der Waals surface area contributed by atoms with Crippen molar-refractivity contribution in [3.8, 4) is 6.07 Å². The average molecular weight is 321 g/mol. The van der Waals surface area contributed by atoms with E-state index in [0.29, 0.717) is 12.1 Å². The summed E-state index contributed by atoms with van der Waals surface area (Å²) in [5.41, 5.74) is 2.27. The first-order valence-corrected chi connectivity index (χ1v) is 7.85. The van der Waals surface area contributed by atoms with Crippen LogP contribution in [0.25, 0.3) is 0 Å². The van der Waals surface area contributed by atoms with E-state index < -0.39 is 5.82 Å². The molecule has 0 amide bonds. The Morgan fingerprint density at radius 1 is 1.33 bits per heavy atom. The second-order valence-corrected chi connectivity index (χ2v) is 6.04. The lowest BCUT2D eigenvalue weighted by Gasteiger charge is -2.11. The highest BCUT2D eigenvalue weighted by molar-refractivity contribution is 7.99. The summed E-state index contributed by atoms with van der Waals surface area (Å²) >= 11 is 7.40. The highest BCUT2D eigenvalue weighted by Gasteiger charge is 2.08. The number of anilines is 1. The Kier molecular flexibility index (Phi) is 5.49. The number of nitrogens with one attached hydrogen (secondary N) is 1. The molecule has 0 aliphatic heterocycles. The number of nitriles is 1. The molecule has 2 aromatic carbocycles. The summed E-state index contributed by atoms with van der Waals surface area (Å²) in [5.74, 6) is 0.477. The van der Waals surface area contributed by atoms with Crippen molar-refractivity contribution in [2.24, 2.45) is 0 Å². The molecule has 0 unspecified atom stereocenters. The van der Waals surface area contributed by atoms with Gasteiger partial charge in [-0.15, -0.1) is 11.8 Å². The highest BCUT2D eigenvalue weighted by atomic mass is 35.5. The lowest BCUT2D eigenvalue weighted by atomic mass is 10.1. The van der Waals surface area contributed by atoms with Crippen molar-refractivity contribution in [1.29, 1.82) is 5.26 Å². The molecule has 0 aliphatic rings. The highest BCUT2D eigenvalue weighted by Crippen LogP contribution is 2.28. The van der Waals surface area contributed by atoms with Gasteiger partial charge in [0, 0.05) is 11.4 Å². The maximum atomic E-state index is 13.1. The first-order valence-electron chi connectivity index (χ1n) is 6.49. The Labute approximate surface area is 132 Å². The van der Waals surface area contributed by atoms with E-state index in [1.165, 1.54) is 6.07 Å². The zero-order valence-electron chi connectivity index (χ0n) is 11.5. The van der Waals surface area contributed by atoms with E-state index >= 15 is 0 Å². The van der Waals surface area contributed by atoms with Gasteiger partial charge in [-0.05, 0) is 35.6 Å². The van der Waals surface area contributed by atoms with E-state index in [4.69, 9.17) is 11.6 Å². The van der Waals surface area contributed by atoms with Crippen molar-refractivity contribution in [3.05, 3.63) is 58.4 Å². The number of halogens is 2. The Morgan fingerprint density at radius 3 is 2.81 bits per heavy atom. The summed E-state index contributed by atoms with van der Waals surface area (Å²) in [6, 6.07) is 12.6. The van der Waals surface area contributed by atoms with Crippen LogP contribution in [0.3, 0.4) is 0 Å². The molecule has 1 N–H and O–H groups in total. The van der Waals surface area contributed by atoms with Gasteiger partial charge in [0.05, 0.1) is 16.3 Å². The van der Waals surface area contributed by atoms with Gasteiger partial charge in [-0.3, -0.25) is 0 Å². The summed E-state index contributed by atoms with van der Waals surface area (Å²) in [7, 11) is 0. The van der Waals surface area contributed by atoms with Gasteiger partial charge in [0.1, 0.15) is 11.9 Å². The first kappa shape index (κ1) is 15.7. The van der Waals surface area contributed by atoms with Crippen LogP contribution in [0.4, 0.5) is 10.1 Å². The minimum absolute atomic E-state index is 0.102. The number of hydrogen-bond acceptors (Lipinski definition) is 3. The second-order valence-electron chi connectivity index (χ2n) is 4.33. The maximum Gasteiger partial charge on any atom is 0.141 e. The number of rotatable bonds is 5. The third-order valence-electron chi connectivity index (χ3n) is 2.90. The fourth-order valence-electron chi connectivity index (χ4n) is 1.92. The van der Waals surface area contributed by atoms with E-state index in [-0.39, 0.29) is 5.02 Å². The van der Waals surface area contributed by atoms with E-state index in [1.54, 1.807) is 23.9 Å². The van der Waals surface area contributed by atoms with E-state index in [9.17, 15) is 9.65 Å². The predicted molar refractivity (Wildman–Crippen MR) is 86.3 cm³/mol. The van der Waals surface area contributed by atoms with Crippen molar-refractivity contribution in [3.63, 3.8) is 0 Å². The normalized spacial score (nSPS) is 10.2. The number of thioether (sulfide) groups is 1. The van der Waals surface area contributed by atoms with E-state index in [0.717, 1.165) is 21.9 Å². The summed E-state index contributed by atoms with van der Waals surface area (Å²) in [6.45, 7) is 2.53. The average Bonchev–Trinajstić information content (AvgIpc) is 2.49. The van der Waals surface area contributed by atoms with Gasteiger partial charge in [0.15, 0.2) is 0 Å². The molecule has 2 nitrogen and oxygen atoms in total. The van der Waals surface area contributed by atoms with Gasteiger partial charge in [-0.2, -0.15) is 5.26 Å². The SMILES string of the molecule is CCSc1cccc(NCc2ccc(F)c(Cl)c2)c1C#N. The van der Waals surface area contributed by atoms with Gasteiger partial charge < -0.3 is 5.32 Å². The second kappa shape index (κ2) is 7.35. The van der Waals surface area contributed by atoms with Crippen molar-refractivity contribution in [2.45, 2.75) is 18.4 Å². The molecule has 2 aromatic rings. The minimum atomic E-state index is -0.431. The van der Waals surface area contributed by atoms with Gasteiger partial charge in [0.25, 0.3) is 0 Å². The topological polar surface area (TPSA) is 35.8 Å². The van der Waals surface area contributed by atoms with Crippen LogP contribution in [0.15, 0.2) is 41.3 Å².